The molecule has 3 rings (SSSR count). The number of urea groups is 1. The predicted molar refractivity (Wildman–Crippen MR) is 90.6 cm³/mol. The molecule has 1 aromatic heterocycles. The van der Waals surface area contributed by atoms with Crippen molar-refractivity contribution in [2.45, 2.75) is 45.7 Å². The number of rotatable bonds is 4. The third-order valence-electron chi connectivity index (χ3n) is 4.19. The molecule has 0 saturated carbocycles. The highest BCUT2D eigenvalue weighted by atomic mass is 16.5. The Morgan fingerprint density at radius 1 is 1.08 bits per heavy atom. The van der Waals surface area contributed by atoms with Crippen molar-refractivity contribution < 1.29 is 18.9 Å². The molecule has 1 atom stereocenters. The van der Waals surface area contributed by atoms with Crippen molar-refractivity contribution >= 4 is 17.8 Å². The molecule has 4 amide bonds. The van der Waals surface area contributed by atoms with Crippen molar-refractivity contribution in [2.24, 2.45) is 0 Å². The lowest BCUT2D eigenvalue weighted by molar-refractivity contribution is -0.144. The van der Waals surface area contributed by atoms with E-state index in [4.69, 9.17) is 4.52 Å². The molecule has 2 heterocycles. The van der Waals surface area contributed by atoms with Crippen molar-refractivity contribution in [2.75, 3.05) is 0 Å². The van der Waals surface area contributed by atoms with Crippen molar-refractivity contribution in [1.82, 2.24) is 19.9 Å². The van der Waals surface area contributed by atoms with E-state index in [9.17, 15) is 14.4 Å². The molecule has 1 aromatic carbocycles. The van der Waals surface area contributed by atoms with E-state index in [2.05, 4.69) is 10.1 Å². The summed E-state index contributed by atoms with van der Waals surface area (Å²) in [4.78, 5) is 43.3. The van der Waals surface area contributed by atoms with Gasteiger partial charge in [0, 0.05) is 5.41 Å². The number of aromatic nitrogens is 2. The molecule has 0 aliphatic carbocycles. The summed E-state index contributed by atoms with van der Waals surface area (Å²) in [5.74, 6) is -1.18. The fourth-order valence-corrected chi connectivity index (χ4v) is 2.64. The summed E-state index contributed by atoms with van der Waals surface area (Å²) in [6, 6.07) is 7.80. The molecule has 26 heavy (non-hydrogen) atoms. The summed E-state index contributed by atoms with van der Waals surface area (Å²) < 4.78 is 5.13. The SMILES string of the molecule is CC(c1ccccc1)N1C(=O)C(=O)N(Cc2nc(C(C)(C)C)no2)C1=O. The summed E-state index contributed by atoms with van der Waals surface area (Å²) in [6.45, 7) is 7.22. The summed E-state index contributed by atoms with van der Waals surface area (Å²) in [5.41, 5.74) is 0.432. The van der Waals surface area contributed by atoms with Crippen LogP contribution in [0.15, 0.2) is 34.9 Å². The van der Waals surface area contributed by atoms with Gasteiger partial charge in [-0.25, -0.2) is 14.6 Å². The maximum absolute atomic E-state index is 12.7. The lowest BCUT2D eigenvalue weighted by atomic mass is 9.96. The first-order valence-corrected chi connectivity index (χ1v) is 8.27. The zero-order valence-corrected chi connectivity index (χ0v) is 15.1. The minimum atomic E-state index is -0.895. The highest BCUT2D eigenvalue weighted by Gasteiger charge is 2.47. The van der Waals surface area contributed by atoms with Gasteiger partial charge in [-0.3, -0.25) is 9.59 Å². The Kier molecular flexibility index (Phi) is 4.35. The fraction of sp³-hybridized carbons (Fsp3) is 0.389. The Morgan fingerprint density at radius 2 is 1.73 bits per heavy atom. The number of carbonyl (C=O) groups excluding carboxylic acids is 3. The monoisotopic (exact) mass is 356 g/mol. The number of hydrogen-bond donors (Lipinski definition) is 0. The molecule has 1 saturated heterocycles. The van der Waals surface area contributed by atoms with E-state index in [1.807, 2.05) is 39.0 Å². The fourth-order valence-electron chi connectivity index (χ4n) is 2.64. The molecule has 1 aliphatic heterocycles. The van der Waals surface area contributed by atoms with Crippen LogP contribution in [0.2, 0.25) is 0 Å². The molecular weight excluding hydrogens is 336 g/mol. The smallest absolute Gasteiger partial charge is 0.335 e. The van der Waals surface area contributed by atoms with Gasteiger partial charge in [0.25, 0.3) is 0 Å². The van der Waals surface area contributed by atoms with Crippen LogP contribution >= 0.6 is 0 Å². The lowest BCUT2D eigenvalue weighted by Crippen LogP contribution is -2.35. The van der Waals surface area contributed by atoms with E-state index in [-0.39, 0.29) is 17.9 Å². The molecule has 2 aromatic rings. The number of benzene rings is 1. The van der Waals surface area contributed by atoms with E-state index >= 15 is 0 Å². The van der Waals surface area contributed by atoms with Crippen LogP contribution in [0.5, 0.6) is 0 Å². The standard InChI is InChI=1S/C18H20N4O4/c1-11(12-8-6-5-7-9-12)22-15(24)14(23)21(17(22)25)10-13-19-16(20-26-13)18(2,3)4/h5-9,11H,10H2,1-4H3. The van der Waals surface area contributed by atoms with Gasteiger partial charge in [-0.1, -0.05) is 56.3 Å². The van der Waals surface area contributed by atoms with Crippen molar-refractivity contribution in [3.8, 4) is 0 Å². The van der Waals surface area contributed by atoms with Crippen molar-refractivity contribution in [1.29, 1.82) is 0 Å². The van der Waals surface area contributed by atoms with Gasteiger partial charge in [-0.05, 0) is 12.5 Å². The maximum atomic E-state index is 12.7. The summed E-state index contributed by atoms with van der Waals surface area (Å²) in [6.07, 6.45) is 0. The Bertz CT molecular complexity index is 854. The quantitative estimate of drug-likeness (QED) is 0.616. The predicted octanol–water partition coefficient (Wildman–Crippen LogP) is 2.42. The van der Waals surface area contributed by atoms with Crippen LogP contribution in [0.1, 0.15) is 51.0 Å². The summed E-state index contributed by atoms with van der Waals surface area (Å²) >= 11 is 0. The highest BCUT2D eigenvalue weighted by molar-refractivity contribution is 6.44. The van der Waals surface area contributed by atoms with Crippen LogP contribution in [-0.4, -0.2) is 37.8 Å². The molecule has 0 radical (unpaired) electrons. The van der Waals surface area contributed by atoms with Gasteiger partial charge in [0.1, 0.15) is 6.54 Å². The Hall–Kier alpha value is -3.03. The number of imide groups is 2. The number of nitrogens with zero attached hydrogens (tertiary/aromatic N) is 4. The molecule has 8 nitrogen and oxygen atoms in total. The Labute approximate surface area is 150 Å². The first-order valence-electron chi connectivity index (χ1n) is 8.27. The third-order valence-corrected chi connectivity index (χ3v) is 4.19. The minimum Gasteiger partial charge on any atom is -0.337 e. The van der Waals surface area contributed by atoms with Crippen LogP contribution in [0, 0.1) is 0 Å². The molecule has 1 fully saturated rings. The number of amides is 4. The van der Waals surface area contributed by atoms with Crippen LogP contribution in [-0.2, 0) is 21.5 Å². The van der Waals surface area contributed by atoms with E-state index in [1.54, 1.807) is 19.1 Å². The van der Waals surface area contributed by atoms with Crippen LogP contribution < -0.4 is 0 Å². The summed E-state index contributed by atoms with van der Waals surface area (Å²) in [5, 5.41) is 3.87. The van der Waals surface area contributed by atoms with Gasteiger partial charge >= 0.3 is 17.8 Å². The van der Waals surface area contributed by atoms with Crippen molar-refractivity contribution in [3.63, 3.8) is 0 Å². The lowest BCUT2D eigenvalue weighted by Gasteiger charge is -2.22. The molecule has 0 N–H and O–H groups in total. The number of hydrogen-bond acceptors (Lipinski definition) is 6. The molecule has 1 unspecified atom stereocenters. The van der Waals surface area contributed by atoms with E-state index < -0.39 is 23.9 Å². The third kappa shape index (κ3) is 3.10. The zero-order chi connectivity index (χ0) is 19.1. The van der Waals surface area contributed by atoms with E-state index in [0.717, 1.165) is 15.4 Å². The molecule has 8 heteroatoms. The Morgan fingerprint density at radius 3 is 2.31 bits per heavy atom. The molecule has 0 spiro atoms. The van der Waals surface area contributed by atoms with Gasteiger partial charge in [-0.2, -0.15) is 4.98 Å². The normalized spacial score (nSPS) is 16.5. The second kappa shape index (κ2) is 6.36. The maximum Gasteiger partial charge on any atom is 0.335 e. The van der Waals surface area contributed by atoms with Gasteiger partial charge in [0.05, 0.1) is 6.04 Å². The number of carbonyl (C=O) groups is 3. The molecule has 0 bridgehead atoms. The molecule has 136 valence electrons. The minimum absolute atomic E-state index is 0.110. The van der Waals surface area contributed by atoms with Gasteiger partial charge in [-0.15, -0.1) is 0 Å². The topological polar surface area (TPSA) is 96.6 Å². The highest BCUT2D eigenvalue weighted by Crippen LogP contribution is 2.27. The van der Waals surface area contributed by atoms with Crippen LogP contribution in [0.4, 0.5) is 4.79 Å². The zero-order valence-electron chi connectivity index (χ0n) is 15.1. The largest absolute Gasteiger partial charge is 0.337 e. The first-order chi connectivity index (χ1) is 12.2. The second-order valence-corrected chi connectivity index (χ2v) is 7.20. The van der Waals surface area contributed by atoms with Crippen LogP contribution in [0.3, 0.4) is 0 Å². The average Bonchev–Trinajstić information content (AvgIpc) is 3.15. The van der Waals surface area contributed by atoms with Crippen molar-refractivity contribution in [3.05, 3.63) is 47.6 Å². The summed E-state index contributed by atoms with van der Waals surface area (Å²) in [7, 11) is 0. The van der Waals surface area contributed by atoms with E-state index in [1.165, 1.54) is 0 Å². The van der Waals surface area contributed by atoms with Gasteiger partial charge < -0.3 is 4.52 Å². The van der Waals surface area contributed by atoms with Gasteiger partial charge in [0.15, 0.2) is 5.82 Å². The van der Waals surface area contributed by atoms with Gasteiger partial charge in [0.2, 0.25) is 5.89 Å². The van der Waals surface area contributed by atoms with Crippen LogP contribution in [0.25, 0.3) is 0 Å². The average molecular weight is 356 g/mol. The van der Waals surface area contributed by atoms with E-state index in [0.29, 0.717) is 5.82 Å². The first kappa shape index (κ1) is 17.8. The molecular formula is C18H20N4O4. The molecule has 1 aliphatic rings. The second-order valence-electron chi connectivity index (χ2n) is 7.20. The Balaban J connectivity index is 1.82.